The van der Waals surface area contributed by atoms with Crippen LogP contribution in [-0.2, 0) is 12.8 Å². The van der Waals surface area contributed by atoms with Crippen molar-refractivity contribution in [2.75, 3.05) is 7.11 Å². The summed E-state index contributed by atoms with van der Waals surface area (Å²) in [6, 6.07) is 5.53. The molecule has 1 aliphatic carbocycles. The number of halogens is 1. The summed E-state index contributed by atoms with van der Waals surface area (Å²) in [5.74, 6) is 0.894. The maximum Gasteiger partial charge on any atom is 0.219 e. The second-order valence-electron chi connectivity index (χ2n) is 5.76. The largest absolute Gasteiger partial charge is 0.497 e. The molecule has 0 fully saturated rings. The first-order chi connectivity index (χ1) is 11.1. The van der Waals surface area contributed by atoms with Gasteiger partial charge in [-0.1, -0.05) is 11.6 Å². The lowest BCUT2D eigenvalue weighted by atomic mass is 10.1. The first-order valence-electron chi connectivity index (χ1n) is 7.54. The van der Waals surface area contributed by atoms with E-state index in [-0.39, 0.29) is 5.88 Å². The minimum Gasteiger partial charge on any atom is -0.497 e. The molecule has 0 radical (unpaired) electrons. The fraction of sp³-hybridized carbons (Fsp3) is 0.294. The Bertz CT molecular complexity index is 933. The third-order valence-corrected chi connectivity index (χ3v) is 4.69. The molecule has 118 valence electrons. The summed E-state index contributed by atoms with van der Waals surface area (Å²) in [5, 5.41) is 15.6. The van der Waals surface area contributed by atoms with Crippen LogP contribution in [0.5, 0.6) is 11.6 Å². The standard InChI is InChI=1S/C17H16ClN3O2/c1-9-15(11-7-6-10(23-2)8-13(11)18)16-19-14-5-3-4-12(14)17(22)21(16)20-9/h6-8,22H,3-5H2,1-2H3. The van der Waals surface area contributed by atoms with Gasteiger partial charge >= 0.3 is 0 Å². The van der Waals surface area contributed by atoms with Gasteiger partial charge in [-0.3, -0.25) is 0 Å². The predicted octanol–water partition coefficient (Wildman–Crippen LogP) is 3.56. The first kappa shape index (κ1) is 14.3. The van der Waals surface area contributed by atoms with Crippen molar-refractivity contribution in [1.29, 1.82) is 0 Å². The van der Waals surface area contributed by atoms with Gasteiger partial charge in [0.15, 0.2) is 5.65 Å². The van der Waals surface area contributed by atoms with E-state index in [0.29, 0.717) is 16.4 Å². The van der Waals surface area contributed by atoms with Crippen LogP contribution < -0.4 is 4.74 Å². The minimum absolute atomic E-state index is 0.196. The Morgan fingerprint density at radius 3 is 2.87 bits per heavy atom. The Kier molecular flexibility index (Phi) is 3.20. The monoisotopic (exact) mass is 329 g/mol. The highest BCUT2D eigenvalue weighted by atomic mass is 35.5. The second-order valence-corrected chi connectivity index (χ2v) is 6.16. The number of nitrogens with zero attached hydrogens (tertiary/aromatic N) is 3. The van der Waals surface area contributed by atoms with Gasteiger partial charge in [-0.05, 0) is 44.4 Å². The van der Waals surface area contributed by atoms with E-state index in [1.165, 1.54) is 4.52 Å². The quantitative estimate of drug-likeness (QED) is 0.781. The Balaban J connectivity index is 2.01. The third-order valence-electron chi connectivity index (χ3n) is 4.38. The van der Waals surface area contributed by atoms with E-state index in [1.807, 2.05) is 19.1 Å². The number of methoxy groups -OCH3 is 1. The number of aromatic nitrogens is 3. The highest BCUT2D eigenvalue weighted by Gasteiger charge is 2.24. The molecule has 0 unspecified atom stereocenters. The molecule has 1 aliphatic rings. The average molecular weight is 330 g/mol. The summed E-state index contributed by atoms with van der Waals surface area (Å²) in [7, 11) is 1.61. The number of aryl methyl sites for hydroxylation is 2. The molecule has 0 saturated heterocycles. The van der Waals surface area contributed by atoms with Gasteiger partial charge in [0.1, 0.15) is 5.75 Å². The van der Waals surface area contributed by atoms with Gasteiger partial charge in [0.05, 0.1) is 29.1 Å². The molecule has 3 aromatic rings. The molecular weight excluding hydrogens is 314 g/mol. The Labute approximate surface area is 138 Å². The van der Waals surface area contributed by atoms with Crippen molar-refractivity contribution >= 4 is 17.2 Å². The molecule has 2 aromatic heterocycles. The number of fused-ring (bicyclic) bond motifs is 2. The zero-order chi connectivity index (χ0) is 16.1. The average Bonchev–Trinajstić information content (AvgIpc) is 3.12. The van der Waals surface area contributed by atoms with Gasteiger partial charge in [-0.2, -0.15) is 9.61 Å². The first-order valence-corrected chi connectivity index (χ1v) is 7.92. The molecule has 0 atom stereocenters. The number of hydrogen-bond donors (Lipinski definition) is 1. The Morgan fingerprint density at radius 1 is 1.30 bits per heavy atom. The van der Waals surface area contributed by atoms with Gasteiger partial charge in [0, 0.05) is 11.1 Å². The maximum atomic E-state index is 10.5. The SMILES string of the molecule is COc1ccc(-c2c(C)nn3c(O)c4c(nc23)CCC4)c(Cl)c1. The predicted molar refractivity (Wildman–Crippen MR) is 88.4 cm³/mol. The molecule has 0 bridgehead atoms. The molecule has 1 N–H and O–H groups in total. The number of ether oxygens (including phenoxy) is 1. The number of aromatic hydroxyl groups is 1. The van der Waals surface area contributed by atoms with Crippen LogP contribution in [0.3, 0.4) is 0 Å². The topological polar surface area (TPSA) is 59.7 Å². The highest BCUT2D eigenvalue weighted by molar-refractivity contribution is 6.33. The van der Waals surface area contributed by atoms with Gasteiger partial charge in [0.2, 0.25) is 5.88 Å². The lowest BCUT2D eigenvalue weighted by Crippen LogP contribution is -1.99. The zero-order valence-electron chi connectivity index (χ0n) is 12.9. The summed E-state index contributed by atoms with van der Waals surface area (Å²) in [6.07, 6.45) is 2.75. The number of rotatable bonds is 2. The van der Waals surface area contributed by atoms with E-state index in [2.05, 4.69) is 5.10 Å². The van der Waals surface area contributed by atoms with Gasteiger partial charge in [-0.25, -0.2) is 4.98 Å². The molecule has 1 aromatic carbocycles. The molecule has 23 heavy (non-hydrogen) atoms. The fourth-order valence-electron chi connectivity index (χ4n) is 3.25. The molecule has 0 saturated carbocycles. The van der Waals surface area contributed by atoms with Crippen LogP contribution in [0.1, 0.15) is 23.4 Å². The highest BCUT2D eigenvalue weighted by Crippen LogP contribution is 2.38. The normalized spacial score (nSPS) is 13.5. The number of benzene rings is 1. The van der Waals surface area contributed by atoms with Crippen molar-refractivity contribution < 1.29 is 9.84 Å². The smallest absolute Gasteiger partial charge is 0.219 e. The van der Waals surface area contributed by atoms with Crippen molar-refractivity contribution in [3.8, 4) is 22.8 Å². The van der Waals surface area contributed by atoms with Crippen molar-refractivity contribution in [3.63, 3.8) is 0 Å². The van der Waals surface area contributed by atoms with E-state index >= 15 is 0 Å². The van der Waals surface area contributed by atoms with Gasteiger partial charge < -0.3 is 9.84 Å². The third kappa shape index (κ3) is 2.07. The lowest BCUT2D eigenvalue weighted by Gasteiger charge is -2.08. The van der Waals surface area contributed by atoms with E-state index < -0.39 is 0 Å². The lowest BCUT2D eigenvalue weighted by molar-refractivity contribution is 0.415. The fourth-order valence-corrected chi connectivity index (χ4v) is 3.52. The zero-order valence-corrected chi connectivity index (χ0v) is 13.7. The van der Waals surface area contributed by atoms with Crippen molar-refractivity contribution in [2.24, 2.45) is 0 Å². The van der Waals surface area contributed by atoms with Gasteiger partial charge in [0.25, 0.3) is 0 Å². The molecule has 0 amide bonds. The number of hydrogen-bond acceptors (Lipinski definition) is 4. The van der Waals surface area contributed by atoms with Crippen LogP contribution in [0.2, 0.25) is 5.02 Å². The van der Waals surface area contributed by atoms with Crippen LogP contribution >= 0.6 is 11.6 Å². The maximum absolute atomic E-state index is 10.5. The van der Waals surface area contributed by atoms with Crippen LogP contribution in [0, 0.1) is 6.92 Å². The second kappa shape index (κ2) is 5.13. The van der Waals surface area contributed by atoms with E-state index in [9.17, 15) is 5.11 Å². The molecule has 2 heterocycles. The molecule has 5 nitrogen and oxygen atoms in total. The summed E-state index contributed by atoms with van der Waals surface area (Å²) in [6.45, 7) is 1.90. The van der Waals surface area contributed by atoms with Crippen LogP contribution in [0.15, 0.2) is 18.2 Å². The molecule has 0 aliphatic heterocycles. The van der Waals surface area contributed by atoms with Crippen molar-refractivity contribution in [3.05, 3.63) is 40.2 Å². The molecular formula is C17H16ClN3O2. The van der Waals surface area contributed by atoms with Crippen LogP contribution in [-0.4, -0.2) is 26.8 Å². The molecule has 6 heteroatoms. The minimum atomic E-state index is 0.196. The van der Waals surface area contributed by atoms with Crippen molar-refractivity contribution in [2.45, 2.75) is 26.2 Å². The van der Waals surface area contributed by atoms with Crippen LogP contribution in [0.25, 0.3) is 16.8 Å². The van der Waals surface area contributed by atoms with Gasteiger partial charge in [-0.15, -0.1) is 0 Å². The molecule has 0 spiro atoms. The Hall–Kier alpha value is -2.27. The summed E-state index contributed by atoms with van der Waals surface area (Å²) in [5.41, 5.74) is 4.98. The van der Waals surface area contributed by atoms with Crippen LogP contribution in [0.4, 0.5) is 0 Å². The Morgan fingerprint density at radius 2 is 2.13 bits per heavy atom. The van der Waals surface area contributed by atoms with Crippen molar-refractivity contribution in [1.82, 2.24) is 14.6 Å². The van der Waals surface area contributed by atoms with E-state index in [4.69, 9.17) is 21.3 Å². The van der Waals surface area contributed by atoms with E-state index in [0.717, 1.165) is 47.3 Å². The summed E-state index contributed by atoms with van der Waals surface area (Å²) in [4.78, 5) is 4.75. The summed E-state index contributed by atoms with van der Waals surface area (Å²) >= 11 is 6.42. The van der Waals surface area contributed by atoms with E-state index in [1.54, 1.807) is 13.2 Å². The summed E-state index contributed by atoms with van der Waals surface area (Å²) < 4.78 is 6.73. The molecule has 4 rings (SSSR count).